The molecule has 2 aliphatic rings. The number of rotatable bonds is 7. The molecule has 0 radical (unpaired) electrons. The Morgan fingerprint density at radius 1 is 1.11 bits per heavy atom. The van der Waals surface area contributed by atoms with Crippen LogP contribution in [0.5, 0.6) is 5.75 Å². The SMILES string of the molecule is COc1cc2c(cc1Nc1nnc(C(N)=O)c(Nc3ccccc3N3CCOC3=O)n1)CN(C)CC2. The van der Waals surface area contributed by atoms with Crippen LogP contribution in [-0.4, -0.2) is 65.9 Å². The number of hydrogen-bond donors (Lipinski definition) is 3. The van der Waals surface area contributed by atoms with E-state index in [9.17, 15) is 9.59 Å². The summed E-state index contributed by atoms with van der Waals surface area (Å²) in [5.74, 6) is 0.0874. The molecule has 1 saturated heterocycles. The summed E-state index contributed by atoms with van der Waals surface area (Å²) < 4.78 is 10.7. The van der Waals surface area contributed by atoms with Crippen LogP contribution in [0.15, 0.2) is 36.4 Å². The highest BCUT2D eigenvalue weighted by Gasteiger charge is 2.26. The Morgan fingerprint density at radius 3 is 2.69 bits per heavy atom. The van der Waals surface area contributed by atoms with Crippen molar-refractivity contribution in [2.45, 2.75) is 13.0 Å². The number of nitrogens with zero attached hydrogens (tertiary/aromatic N) is 5. The number of carbonyl (C=O) groups excluding carboxylic acids is 2. The molecule has 0 saturated carbocycles. The van der Waals surface area contributed by atoms with E-state index < -0.39 is 12.0 Å². The van der Waals surface area contributed by atoms with Gasteiger partial charge in [-0.15, -0.1) is 10.2 Å². The molecule has 186 valence electrons. The molecule has 1 fully saturated rings. The summed E-state index contributed by atoms with van der Waals surface area (Å²) in [4.78, 5) is 32.4. The van der Waals surface area contributed by atoms with Crippen LogP contribution in [0.25, 0.3) is 0 Å². The van der Waals surface area contributed by atoms with Gasteiger partial charge in [-0.25, -0.2) is 4.79 Å². The molecule has 2 aliphatic heterocycles. The van der Waals surface area contributed by atoms with E-state index in [-0.39, 0.29) is 17.5 Å². The second-order valence-electron chi connectivity index (χ2n) is 8.54. The molecule has 4 N–H and O–H groups in total. The predicted octanol–water partition coefficient (Wildman–Crippen LogP) is 2.41. The van der Waals surface area contributed by atoms with Crippen molar-refractivity contribution in [1.29, 1.82) is 0 Å². The van der Waals surface area contributed by atoms with E-state index in [1.807, 2.05) is 12.1 Å². The number of likely N-dealkylation sites (N-methyl/N-ethyl adjacent to an activating group) is 1. The van der Waals surface area contributed by atoms with Crippen molar-refractivity contribution in [2.24, 2.45) is 5.73 Å². The van der Waals surface area contributed by atoms with Crippen molar-refractivity contribution in [1.82, 2.24) is 20.1 Å². The third-order valence-corrected chi connectivity index (χ3v) is 6.10. The predicted molar refractivity (Wildman–Crippen MR) is 133 cm³/mol. The second-order valence-corrected chi connectivity index (χ2v) is 8.54. The van der Waals surface area contributed by atoms with E-state index in [0.29, 0.717) is 36.0 Å². The number of primary amides is 1. The topological polar surface area (TPSA) is 148 Å². The zero-order chi connectivity index (χ0) is 25.2. The minimum atomic E-state index is -0.795. The van der Waals surface area contributed by atoms with E-state index in [1.165, 1.54) is 16.0 Å². The average molecular weight is 491 g/mol. The highest BCUT2D eigenvalue weighted by Crippen LogP contribution is 2.34. The van der Waals surface area contributed by atoms with Crippen molar-refractivity contribution in [3.8, 4) is 5.75 Å². The number of benzene rings is 2. The summed E-state index contributed by atoms with van der Waals surface area (Å²) in [7, 11) is 3.68. The van der Waals surface area contributed by atoms with Crippen molar-refractivity contribution in [3.05, 3.63) is 53.2 Å². The standard InChI is InChI=1S/C24H26N8O4/c1-31-8-7-14-12-19(35-2)17(11-15(14)13-31)27-23-28-22(20(21(25)33)29-30-23)26-16-5-3-4-6-18(16)32-9-10-36-24(32)34/h3-6,11-12H,7-10,13H2,1-2H3,(H2,25,33)(H2,26,27,28,30). The first kappa shape index (κ1) is 23.3. The van der Waals surface area contributed by atoms with Crippen LogP contribution in [0.4, 0.5) is 33.6 Å². The number of anilines is 5. The zero-order valence-electron chi connectivity index (χ0n) is 19.9. The highest BCUT2D eigenvalue weighted by molar-refractivity contribution is 5.98. The maximum Gasteiger partial charge on any atom is 0.414 e. The lowest BCUT2D eigenvalue weighted by atomic mass is 9.99. The molecule has 0 bridgehead atoms. The smallest absolute Gasteiger partial charge is 0.414 e. The fourth-order valence-corrected chi connectivity index (χ4v) is 4.30. The first-order valence-corrected chi connectivity index (χ1v) is 11.4. The number of methoxy groups -OCH3 is 1. The molecule has 3 heterocycles. The Balaban J connectivity index is 1.48. The van der Waals surface area contributed by atoms with E-state index in [0.717, 1.165) is 19.5 Å². The molecule has 0 unspecified atom stereocenters. The van der Waals surface area contributed by atoms with Crippen molar-refractivity contribution in [3.63, 3.8) is 0 Å². The van der Waals surface area contributed by atoms with E-state index in [2.05, 4.69) is 37.8 Å². The van der Waals surface area contributed by atoms with Crippen LogP contribution in [-0.2, 0) is 17.7 Å². The quantitative estimate of drug-likeness (QED) is 0.451. The number of ether oxygens (including phenoxy) is 2. The monoisotopic (exact) mass is 490 g/mol. The van der Waals surface area contributed by atoms with Gasteiger partial charge in [0.25, 0.3) is 5.91 Å². The van der Waals surface area contributed by atoms with Crippen LogP contribution < -0.4 is 26.0 Å². The Kier molecular flexibility index (Phi) is 6.25. The fourth-order valence-electron chi connectivity index (χ4n) is 4.30. The van der Waals surface area contributed by atoms with Gasteiger partial charge in [-0.1, -0.05) is 12.1 Å². The normalized spacial score (nSPS) is 15.3. The molecule has 2 aromatic carbocycles. The number of nitrogens with two attached hydrogens (primary N) is 1. The molecular weight excluding hydrogens is 464 g/mol. The second kappa shape index (κ2) is 9.66. The van der Waals surface area contributed by atoms with Gasteiger partial charge in [0, 0.05) is 13.1 Å². The molecule has 0 atom stereocenters. The third-order valence-electron chi connectivity index (χ3n) is 6.10. The average Bonchev–Trinajstić information content (AvgIpc) is 3.29. The molecule has 3 aromatic rings. The van der Waals surface area contributed by atoms with Crippen molar-refractivity contribution >= 4 is 40.8 Å². The molecule has 36 heavy (non-hydrogen) atoms. The Hall–Kier alpha value is -4.45. The summed E-state index contributed by atoms with van der Waals surface area (Å²) in [6.45, 7) is 2.50. The molecular formula is C24H26N8O4. The van der Waals surface area contributed by atoms with Gasteiger partial charge in [-0.2, -0.15) is 4.98 Å². The molecule has 12 heteroatoms. The molecule has 0 aliphatic carbocycles. The number of para-hydroxylation sites is 2. The largest absolute Gasteiger partial charge is 0.495 e. The Labute approximate surface area is 207 Å². The summed E-state index contributed by atoms with van der Waals surface area (Å²) in [5, 5.41) is 14.3. The highest BCUT2D eigenvalue weighted by atomic mass is 16.6. The summed E-state index contributed by atoms with van der Waals surface area (Å²) in [6, 6.07) is 11.1. The van der Waals surface area contributed by atoms with Gasteiger partial charge in [0.05, 0.1) is 30.7 Å². The third kappa shape index (κ3) is 4.58. The summed E-state index contributed by atoms with van der Waals surface area (Å²) >= 11 is 0. The molecule has 12 nitrogen and oxygen atoms in total. The summed E-state index contributed by atoms with van der Waals surface area (Å²) in [5.41, 5.74) is 9.58. The number of amides is 2. The van der Waals surface area contributed by atoms with E-state index in [1.54, 1.807) is 31.4 Å². The van der Waals surface area contributed by atoms with Gasteiger partial charge >= 0.3 is 6.09 Å². The molecule has 0 spiro atoms. The van der Waals surface area contributed by atoms with Crippen molar-refractivity contribution in [2.75, 3.05) is 49.4 Å². The fraction of sp³-hybridized carbons (Fsp3) is 0.292. The lowest BCUT2D eigenvalue weighted by Gasteiger charge is -2.26. The minimum Gasteiger partial charge on any atom is -0.495 e. The number of nitrogens with one attached hydrogen (secondary N) is 2. The van der Waals surface area contributed by atoms with Crippen LogP contribution in [0.1, 0.15) is 21.6 Å². The van der Waals surface area contributed by atoms with Crippen molar-refractivity contribution < 1.29 is 19.1 Å². The van der Waals surface area contributed by atoms with Gasteiger partial charge in [0.15, 0.2) is 11.5 Å². The van der Waals surface area contributed by atoms with Gasteiger partial charge in [0.2, 0.25) is 5.95 Å². The number of hydrogen-bond acceptors (Lipinski definition) is 10. The molecule has 2 amide bonds. The van der Waals surface area contributed by atoms with E-state index in [4.69, 9.17) is 15.2 Å². The maximum atomic E-state index is 12.1. The van der Waals surface area contributed by atoms with Crippen LogP contribution >= 0.6 is 0 Å². The van der Waals surface area contributed by atoms with Gasteiger partial charge in [0.1, 0.15) is 12.4 Å². The summed E-state index contributed by atoms with van der Waals surface area (Å²) in [6.07, 6.45) is 0.485. The zero-order valence-corrected chi connectivity index (χ0v) is 19.9. The Bertz CT molecular complexity index is 1330. The Morgan fingerprint density at radius 2 is 1.94 bits per heavy atom. The van der Waals surface area contributed by atoms with Crippen LogP contribution in [0, 0.1) is 0 Å². The van der Waals surface area contributed by atoms with Crippen LogP contribution in [0.3, 0.4) is 0 Å². The molecule has 5 rings (SSSR count). The number of cyclic esters (lactones) is 1. The minimum absolute atomic E-state index is 0.0941. The van der Waals surface area contributed by atoms with E-state index >= 15 is 0 Å². The first-order chi connectivity index (χ1) is 17.4. The van der Waals surface area contributed by atoms with Crippen LogP contribution in [0.2, 0.25) is 0 Å². The van der Waals surface area contributed by atoms with Gasteiger partial charge in [-0.05, 0) is 48.9 Å². The maximum absolute atomic E-state index is 12.1. The number of carbonyl (C=O) groups is 2. The lowest BCUT2D eigenvalue weighted by molar-refractivity contribution is 0.0995. The van der Waals surface area contributed by atoms with Gasteiger partial charge < -0.3 is 30.7 Å². The number of fused-ring (bicyclic) bond motifs is 1. The first-order valence-electron chi connectivity index (χ1n) is 11.4. The molecule has 1 aromatic heterocycles. The number of aromatic nitrogens is 3. The lowest BCUT2D eigenvalue weighted by Crippen LogP contribution is -2.26. The van der Waals surface area contributed by atoms with Gasteiger partial charge in [-0.3, -0.25) is 9.69 Å².